The number of nitrogens with one attached hydrogen (secondary N) is 1. The third-order valence-corrected chi connectivity index (χ3v) is 5.13. The predicted octanol–water partition coefficient (Wildman–Crippen LogP) is 4.75. The monoisotopic (exact) mass is 627 g/mol. The van der Waals surface area contributed by atoms with Crippen LogP contribution in [-0.2, 0) is 54.1 Å². The number of benzene rings is 1. The van der Waals surface area contributed by atoms with Gasteiger partial charge in [0.2, 0.25) is 0 Å². The Labute approximate surface area is 262 Å². The second kappa shape index (κ2) is 21.5. The summed E-state index contributed by atoms with van der Waals surface area (Å²) < 4.78 is 37.9. The van der Waals surface area contributed by atoms with Crippen molar-refractivity contribution in [3.8, 4) is 0 Å². The van der Waals surface area contributed by atoms with E-state index in [1.165, 1.54) is 7.11 Å². The lowest BCUT2D eigenvalue weighted by Gasteiger charge is -2.33. The highest BCUT2D eigenvalue weighted by Gasteiger charge is 2.35. The second-order valence-electron chi connectivity index (χ2n) is 11.6. The molecule has 0 fully saturated rings. The van der Waals surface area contributed by atoms with Crippen LogP contribution < -0.4 is 5.32 Å². The van der Waals surface area contributed by atoms with Gasteiger partial charge >= 0.3 is 24.0 Å². The van der Waals surface area contributed by atoms with E-state index in [9.17, 15) is 19.2 Å². The molecule has 0 aromatic heterocycles. The highest BCUT2D eigenvalue weighted by atomic mass is 16.6. The van der Waals surface area contributed by atoms with Crippen molar-refractivity contribution in [3.05, 3.63) is 35.9 Å². The summed E-state index contributed by atoms with van der Waals surface area (Å²) in [6.45, 7) is 14.2. The molecule has 1 N–H and O–H groups in total. The van der Waals surface area contributed by atoms with E-state index in [2.05, 4.69) is 10.1 Å². The van der Waals surface area contributed by atoms with E-state index in [4.69, 9.17) is 28.4 Å². The maximum Gasteiger partial charge on any atom is 0.408 e. The summed E-state index contributed by atoms with van der Waals surface area (Å²) >= 11 is 0. The molecular formula is C32H53NO11. The van der Waals surface area contributed by atoms with Crippen LogP contribution >= 0.6 is 0 Å². The molecule has 0 aliphatic rings. The predicted molar refractivity (Wildman–Crippen MR) is 164 cm³/mol. The zero-order valence-corrected chi connectivity index (χ0v) is 27.9. The number of esters is 3. The summed E-state index contributed by atoms with van der Waals surface area (Å²) in [4.78, 5) is 48.7. The molecule has 44 heavy (non-hydrogen) atoms. The van der Waals surface area contributed by atoms with Crippen molar-refractivity contribution in [1.29, 1.82) is 0 Å². The first-order chi connectivity index (χ1) is 20.6. The van der Waals surface area contributed by atoms with E-state index in [-0.39, 0.29) is 65.5 Å². The zero-order valence-electron chi connectivity index (χ0n) is 27.9. The molecule has 0 atom stereocenters. The van der Waals surface area contributed by atoms with Gasteiger partial charge in [0.15, 0.2) is 0 Å². The van der Waals surface area contributed by atoms with Gasteiger partial charge in [-0.2, -0.15) is 0 Å². The first-order valence-corrected chi connectivity index (χ1v) is 14.9. The molecule has 0 aliphatic heterocycles. The summed E-state index contributed by atoms with van der Waals surface area (Å²) in [6, 6.07) is 9.13. The quantitative estimate of drug-likeness (QED) is 0.137. The van der Waals surface area contributed by atoms with Crippen LogP contribution in [0.4, 0.5) is 4.79 Å². The normalized spacial score (nSPS) is 11.5. The summed E-state index contributed by atoms with van der Waals surface area (Å²) in [7, 11) is 1.27. The molecule has 1 aromatic carbocycles. The van der Waals surface area contributed by atoms with E-state index < -0.39 is 40.7 Å². The molecule has 1 aromatic rings. The SMILES string of the molecule is CC.COC(=O)CCOCC(COCCC(=O)OC(C)(C)C)(COCCC(=O)OC(C)(C)C)NC(=O)OCc1ccccc1. The third kappa shape index (κ3) is 21.5. The Morgan fingerprint density at radius 3 is 1.45 bits per heavy atom. The Morgan fingerprint density at radius 1 is 0.659 bits per heavy atom. The van der Waals surface area contributed by atoms with E-state index in [0.29, 0.717) is 0 Å². The fourth-order valence-corrected chi connectivity index (χ4v) is 3.37. The molecule has 12 heteroatoms. The van der Waals surface area contributed by atoms with Crippen molar-refractivity contribution in [2.24, 2.45) is 0 Å². The van der Waals surface area contributed by atoms with Crippen LogP contribution in [0.1, 0.15) is 80.2 Å². The molecule has 12 nitrogen and oxygen atoms in total. The van der Waals surface area contributed by atoms with Gasteiger partial charge in [-0.05, 0) is 47.1 Å². The smallest absolute Gasteiger partial charge is 0.408 e. The standard InChI is InChI=1S/C30H47NO11.C2H6/c1-28(2,3)41-25(33)14-17-38-21-30(20-37-16-13-24(32)36-7,22-39-18-15-26(34)42-29(4,5)6)31-27(35)40-19-23-11-9-8-10-12-23;1-2/h8-12H,13-22H2,1-7H3,(H,31,35);1-2H3. The molecule has 1 rings (SSSR count). The molecule has 0 bridgehead atoms. The minimum atomic E-state index is -1.30. The number of amides is 1. The Morgan fingerprint density at radius 2 is 1.07 bits per heavy atom. The van der Waals surface area contributed by atoms with Gasteiger partial charge in [0.25, 0.3) is 0 Å². The topological polar surface area (TPSA) is 145 Å². The average molecular weight is 628 g/mol. The van der Waals surface area contributed by atoms with Crippen LogP contribution in [-0.4, -0.2) is 87.5 Å². The summed E-state index contributed by atoms with van der Waals surface area (Å²) in [5.41, 5.74) is -1.79. The maximum absolute atomic E-state index is 12.9. The van der Waals surface area contributed by atoms with Gasteiger partial charge in [-0.15, -0.1) is 0 Å². The number of carbonyl (C=O) groups excluding carboxylic acids is 4. The molecule has 0 unspecified atom stereocenters. The number of alkyl carbamates (subject to hydrolysis) is 1. The Balaban J connectivity index is 0.00000904. The van der Waals surface area contributed by atoms with Crippen molar-refractivity contribution in [2.75, 3.05) is 46.8 Å². The van der Waals surface area contributed by atoms with Crippen molar-refractivity contribution in [3.63, 3.8) is 0 Å². The lowest BCUT2D eigenvalue weighted by Crippen LogP contribution is -2.58. The number of carbonyl (C=O) groups is 4. The molecular weight excluding hydrogens is 574 g/mol. The van der Waals surface area contributed by atoms with Crippen LogP contribution in [0, 0.1) is 0 Å². The molecule has 1 amide bonds. The first kappa shape index (κ1) is 40.8. The van der Waals surface area contributed by atoms with Crippen LogP contribution in [0.15, 0.2) is 30.3 Å². The van der Waals surface area contributed by atoms with Crippen LogP contribution in [0.5, 0.6) is 0 Å². The van der Waals surface area contributed by atoms with E-state index in [1.54, 1.807) is 41.5 Å². The van der Waals surface area contributed by atoms with Crippen molar-refractivity contribution < 1.29 is 52.3 Å². The summed E-state index contributed by atoms with van der Waals surface area (Å²) in [5.74, 6) is -1.34. The number of hydrogen-bond acceptors (Lipinski definition) is 11. The van der Waals surface area contributed by atoms with Crippen LogP contribution in [0.3, 0.4) is 0 Å². The molecule has 0 saturated heterocycles. The molecule has 0 aliphatic carbocycles. The second-order valence-corrected chi connectivity index (χ2v) is 11.6. The maximum atomic E-state index is 12.9. The highest BCUT2D eigenvalue weighted by Crippen LogP contribution is 2.14. The van der Waals surface area contributed by atoms with Crippen molar-refractivity contribution in [1.82, 2.24) is 5.32 Å². The van der Waals surface area contributed by atoms with Gasteiger partial charge in [-0.3, -0.25) is 14.4 Å². The minimum absolute atomic E-state index is 0.00250. The van der Waals surface area contributed by atoms with Crippen molar-refractivity contribution in [2.45, 2.75) is 98.0 Å². The largest absolute Gasteiger partial charge is 0.469 e. The first-order valence-electron chi connectivity index (χ1n) is 14.9. The number of ether oxygens (including phenoxy) is 7. The molecule has 0 saturated carbocycles. The Kier molecular flexibility index (Phi) is 19.9. The zero-order chi connectivity index (χ0) is 33.7. The average Bonchev–Trinajstić information content (AvgIpc) is 2.94. The minimum Gasteiger partial charge on any atom is -0.469 e. The lowest BCUT2D eigenvalue weighted by molar-refractivity contribution is -0.157. The van der Waals surface area contributed by atoms with Gasteiger partial charge in [0, 0.05) is 0 Å². The highest BCUT2D eigenvalue weighted by molar-refractivity contribution is 5.70. The molecule has 0 radical (unpaired) electrons. The van der Waals surface area contributed by atoms with Crippen LogP contribution in [0.2, 0.25) is 0 Å². The van der Waals surface area contributed by atoms with Gasteiger partial charge < -0.3 is 38.5 Å². The molecule has 252 valence electrons. The molecule has 0 heterocycles. The Bertz CT molecular complexity index is 933. The Hall–Kier alpha value is -3.22. The summed E-state index contributed by atoms with van der Waals surface area (Å²) in [6.07, 6.45) is -0.811. The van der Waals surface area contributed by atoms with Gasteiger partial charge in [-0.25, -0.2) is 4.79 Å². The lowest BCUT2D eigenvalue weighted by atomic mass is 10.0. The fraction of sp³-hybridized carbons (Fsp3) is 0.688. The van der Waals surface area contributed by atoms with Crippen LogP contribution in [0.25, 0.3) is 0 Å². The third-order valence-electron chi connectivity index (χ3n) is 5.13. The summed E-state index contributed by atoms with van der Waals surface area (Å²) in [5, 5.41) is 2.77. The fourth-order valence-electron chi connectivity index (χ4n) is 3.37. The number of rotatable bonds is 18. The van der Waals surface area contributed by atoms with E-state index >= 15 is 0 Å². The van der Waals surface area contributed by atoms with Gasteiger partial charge in [0.05, 0.1) is 66.0 Å². The number of methoxy groups -OCH3 is 1. The van der Waals surface area contributed by atoms with Gasteiger partial charge in [0.1, 0.15) is 23.3 Å². The van der Waals surface area contributed by atoms with Gasteiger partial charge in [-0.1, -0.05) is 44.2 Å². The van der Waals surface area contributed by atoms with E-state index in [1.807, 2.05) is 44.2 Å². The van der Waals surface area contributed by atoms with Crippen molar-refractivity contribution >= 4 is 24.0 Å². The van der Waals surface area contributed by atoms with E-state index in [0.717, 1.165) is 5.56 Å². The number of hydrogen-bond donors (Lipinski definition) is 1. The molecule has 0 spiro atoms.